The lowest BCUT2D eigenvalue weighted by atomic mass is 10.0. The molecule has 0 aromatic rings. The maximum atomic E-state index is 11.9. The first kappa shape index (κ1) is 14.9. The highest BCUT2D eigenvalue weighted by Gasteiger charge is 2.32. The molecule has 0 bridgehead atoms. The number of ether oxygens (including phenoxy) is 2. The lowest BCUT2D eigenvalue weighted by Crippen LogP contribution is -2.50. The van der Waals surface area contributed by atoms with E-state index in [-0.39, 0.29) is 18.5 Å². The van der Waals surface area contributed by atoms with Gasteiger partial charge in [-0.2, -0.15) is 0 Å². The summed E-state index contributed by atoms with van der Waals surface area (Å²) in [5.74, 6) is -0.481. The van der Waals surface area contributed by atoms with Crippen molar-refractivity contribution in [2.45, 2.75) is 32.2 Å². The number of nitrogens with two attached hydrogens (primary N) is 1. The van der Waals surface area contributed by atoms with Gasteiger partial charge in [0.15, 0.2) is 0 Å². The van der Waals surface area contributed by atoms with Gasteiger partial charge in [0, 0.05) is 13.1 Å². The number of rotatable bonds is 6. The lowest BCUT2D eigenvalue weighted by molar-refractivity contribution is -0.158. The minimum atomic E-state index is -0.451. The summed E-state index contributed by atoms with van der Waals surface area (Å²) in [6.45, 7) is 3.40. The minimum Gasteiger partial charge on any atom is -0.464 e. The van der Waals surface area contributed by atoms with Gasteiger partial charge in [0.1, 0.15) is 12.6 Å². The van der Waals surface area contributed by atoms with Gasteiger partial charge in [-0.05, 0) is 26.2 Å². The van der Waals surface area contributed by atoms with E-state index in [0.717, 1.165) is 12.8 Å². The molecule has 1 fully saturated rings. The molecular weight excluding hydrogens is 236 g/mol. The topological polar surface area (TPSA) is 81.9 Å². The van der Waals surface area contributed by atoms with Crippen molar-refractivity contribution < 1.29 is 19.1 Å². The number of esters is 1. The van der Waals surface area contributed by atoms with Crippen LogP contribution in [0.25, 0.3) is 0 Å². The Morgan fingerprint density at radius 2 is 2.17 bits per heavy atom. The van der Waals surface area contributed by atoms with E-state index < -0.39 is 6.04 Å². The Morgan fingerprint density at radius 1 is 1.39 bits per heavy atom. The molecule has 0 radical (unpaired) electrons. The summed E-state index contributed by atoms with van der Waals surface area (Å²) in [6.07, 6.45) is 2.52. The standard InChI is InChI=1S/C12H22N2O4/c1-2-18-12(16)10-5-3-4-7-14(10)11(15)9-17-8-6-13/h10H,2-9,13H2,1H3. The number of hydrogen-bond donors (Lipinski definition) is 1. The van der Waals surface area contributed by atoms with Crippen LogP contribution in [-0.2, 0) is 19.1 Å². The van der Waals surface area contributed by atoms with Crippen LogP contribution < -0.4 is 5.73 Å². The van der Waals surface area contributed by atoms with Crippen molar-refractivity contribution in [3.8, 4) is 0 Å². The molecule has 1 atom stereocenters. The monoisotopic (exact) mass is 258 g/mol. The van der Waals surface area contributed by atoms with Crippen LogP contribution in [0.2, 0.25) is 0 Å². The number of hydrogen-bond acceptors (Lipinski definition) is 5. The molecule has 1 unspecified atom stereocenters. The second-order valence-corrected chi connectivity index (χ2v) is 4.19. The second kappa shape index (κ2) is 8.05. The second-order valence-electron chi connectivity index (χ2n) is 4.19. The number of carbonyl (C=O) groups excluding carboxylic acids is 2. The van der Waals surface area contributed by atoms with E-state index in [4.69, 9.17) is 15.2 Å². The molecule has 1 rings (SSSR count). The lowest BCUT2D eigenvalue weighted by Gasteiger charge is -2.33. The quantitative estimate of drug-likeness (QED) is 0.531. The van der Waals surface area contributed by atoms with Gasteiger partial charge in [0.2, 0.25) is 5.91 Å². The van der Waals surface area contributed by atoms with E-state index in [1.165, 1.54) is 0 Å². The van der Waals surface area contributed by atoms with Crippen molar-refractivity contribution in [3.63, 3.8) is 0 Å². The van der Waals surface area contributed by atoms with Gasteiger partial charge in [-0.1, -0.05) is 0 Å². The molecule has 6 heteroatoms. The van der Waals surface area contributed by atoms with Gasteiger partial charge in [-0.3, -0.25) is 4.79 Å². The maximum absolute atomic E-state index is 11.9. The molecule has 18 heavy (non-hydrogen) atoms. The van der Waals surface area contributed by atoms with Gasteiger partial charge >= 0.3 is 5.97 Å². The average molecular weight is 258 g/mol. The molecule has 1 aliphatic rings. The summed E-state index contributed by atoms with van der Waals surface area (Å²) >= 11 is 0. The zero-order chi connectivity index (χ0) is 13.4. The Morgan fingerprint density at radius 3 is 2.83 bits per heavy atom. The van der Waals surface area contributed by atoms with Crippen LogP contribution in [0.4, 0.5) is 0 Å². The Hall–Kier alpha value is -1.14. The van der Waals surface area contributed by atoms with Gasteiger partial charge < -0.3 is 20.1 Å². The van der Waals surface area contributed by atoms with Crippen LogP contribution >= 0.6 is 0 Å². The molecule has 2 N–H and O–H groups in total. The molecule has 0 aliphatic carbocycles. The number of carbonyl (C=O) groups is 2. The number of likely N-dealkylation sites (tertiary alicyclic amines) is 1. The first-order valence-electron chi connectivity index (χ1n) is 6.44. The molecule has 1 aliphatic heterocycles. The van der Waals surface area contributed by atoms with Crippen molar-refractivity contribution >= 4 is 11.9 Å². The van der Waals surface area contributed by atoms with Gasteiger partial charge in [0.05, 0.1) is 13.2 Å². The van der Waals surface area contributed by atoms with Gasteiger partial charge in [-0.25, -0.2) is 4.79 Å². The smallest absolute Gasteiger partial charge is 0.328 e. The predicted octanol–water partition coefficient (Wildman–Crippen LogP) is -0.0941. The van der Waals surface area contributed by atoms with Crippen molar-refractivity contribution in [3.05, 3.63) is 0 Å². The largest absolute Gasteiger partial charge is 0.464 e. The number of nitrogens with zero attached hydrogens (tertiary/aromatic N) is 1. The summed E-state index contributed by atoms with van der Waals surface area (Å²) in [7, 11) is 0. The van der Waals surface area contributed by atoms with Crippen LogP contribution in [-0.4, -0.2) is 55.7 Å². The molecule has 1 saturated heterocycles. The highest BCUT2D eigenvalue weighted by Crippen LogP contribution is 2.18. The third kappa shape index (κ3) is 4.27. The summed E-state index contributed by atoms with van der Waals surface area (Å²) in [4.78, 5) is 25.3. The third-order valence-electron chi connectivity index (χ3n) is 2.87. The molecule has 0 aromatic heterocycles. The molecule has 0 aromatic carbocycles. The molecule has 1 amide bonds. The fourth-order valence-electron chi connectivity index (χ4n) is 2.04. The van der Waals surface area contributed by atoms with Gasteiger partial charge in [-0.15, -0.1) is 0 Å². The number of piperidine rings is 1. The molecule has 0 saturated carbocycles. The highest BCUT2D eigenvalue weighted by molar-refractivity contribution is 5.85. The molecule has 6 nitrogen and oxygen atoms in total. The van der Waals surface area contributed by atoms with Crippen molar-refractivity contribution in [1.82, 2.24) is 4.90 Å². The predicted molar refractivity (Wildman–Crippen MR) is 65.9 cm³/mol. The average Bonchev–Trinajstić information content (AvgIpc) is 2.39. The van der Waals surface area contributed by atoms with Crippen molar-refractivity contribution in [2.75, 3.05) is 32.9 Å². The zero-order valence-corrected chi connectivity index (χ0v) is 10.9. The SMILES string of the molecule is CCOC(=O)C1CCCCN1C(=O)COCCN. The van der Waals surface area contributed by atoms with Crippen LogP contribution in [0.1, 0.15) is 26.2 Å². The van der Waals surface area contributed by atoms with E-state index in [2.05, 4.69) is 0 Å². The molecule has 0 spiro atoms. The highest BCUT2D eigenvalue weighted by atomic mass is 16.5. The van der Waals surface area contributed by atoms with Crippen LogP contribution in [0.3, 0.4) is 0 Å². The van der Waals surface area contributed by atoms with Crippen LogP contribution in [0, 0.1) is 0 Å². The fraction of sp³-hybridized carbons (Fsp3) is 0.833. The Kier molecular flexibility index (Phi) is 6.67. The fourth-order valence-corrected chi connectivity index (χ4v) is 2.04. The third-order valence-corrected chi connectivity index (χ3v) is 2.87. The summed E-state index contributed by atoms with van der Waals surface area (Å²) in [5.41, 5.74) is 5.28. The molecule has 1 heterocycles. The van der Waals surface area contributed by atoms with E-state index >= 15 is 0 Å². The van der Waals surface area contributed by atoms with E-state index in [9.17, 15) is 9.59 Å². The minimum absolute atomic E-state index is 0.0207. The summed E-state index contributed by atoms with van der Waals surface area (Å²) < 4.78 is 10.1. The van der Waals surface area contributed by atoms with E-state index in [0.29, 0.717) is 32.7 Å². The first-order valence-corrected chi connectivity index (χ1v) is 6.44. The van der Waals surface area contributed by atoms with Crippen LogP contribution in [0.5, 0.6) is 0 Å². The van der Waals surface area contributed by atoms with E-state index in [1.807, 2.05) is 0 Å². The Labute approximate surface area is 107 Å². The normalized spacial score (nSPS) is 19.7. The van der Waals surface area contributed by atoms with Gasteiger partial charge in [0.25, 0.3) is 0 Å². The summed E-state index contributed by atoms with van der Waals surface area (Å²) in [6, 6.07) is -0.451. The maximum Gasteiger partial charge on any atom is 0.328 e. The van der Waals surface area contributed by atoms with Crippen molar-refractivity contribution in [2.24, 2.45) is 5.73 Å². The summed E-state index contributed by atoms with van der Waals surface area (Å²) in [5, 5.41) is 0. The van der Waals surface area contributed by atoms with E-state index in [1.54, 1.807) is 11.8 Å². The molecular formula is C12H22N2O4. The first-order chi connectivity index (χ1) is 8.70. The number of amides is 1. The Bertz CT molecular complexity index is 283. The zero-order valence-electron chi connectivity index (χ0n) is 10.9. The van der Waals surface area contributed by atoms with Crippen molar-refractivity contribution in [1.29, 1.82) is 0 Å². The Balaban J connectivity index is 2.52. The molecule has 104 valence electrons. The van der Waals surface area contributed by atoms with Crippen LogP contribution in [0.15, 0.2) is 0 Å².